The lowest BCUT2D eigenvalue weighted by Crippen LogP contribution is -2.32. The molecule has 0 radical (unpaired) electrons. The van der Waals surface area contributed by atoms with Gasteiger partial charge in [0.25, 0.3) is 0 Å². The Kier molecular flexibility index (Phi) is 4.29. The number of hydrogen-bond donors (Lipinski definition) is 0. The molecule has 1 fully saturated rings. The number of fused-ring (bicyclic) bond motifs is 1. The second-order valence-electron chi connectivity index (χ2n) is 5.95. The number of rotatable bonds is 5. The number of anilines is 1. The maximum Gasteiger partial charge on any atom is 0.180 e. The van der Waals surface area contributed by atoms with E-state index in [9.17, 15) is 0 Å². The maximum atomic E-state index is 5.82. The molecule has 4 heterocycles. The van der Waals surface area contributed by atoms with E-state index in [4.69, 9.17) is 9.72 Å². The predicted octanol–water partition coefficient (Wildman–Crippen LogP) is 2.61. The lowest BCUT2D eigenvalue weighted by atomic mass is 10.2. The normalized spacial score (nSPS) is 17.2. The van der Waals surface area contributed by atoms with Crippen LogP contribution >= 0.6 is 0 Å². The second-order valence-corrected chi connectivity index (χ2v) is 5.95. The van der Waals surface area contributed by atoms with Crippen molar-refractivity contribution in [2.45, 2.75) is 25.5 Å². The highest BCUT2D eigenvalue weighted by Crippen LogP contribution is 2.21. The van der Waals surface area contributed by atoms with Crippen molar-refractivity contribution < 1.29 is 4.74 Å². The van der Waals surface area contributed by atoms with Gasteiger partial charge in [0.1, 0.15) is 11.3 Å². The summed E-state index contributed by atoms with van der Waals surface area (Å²) in [5.74, 6) is 0.891. The van der Waals surface area contributed by atoms with Crippen molar-refractivity contribution in [3.05, 3.63) is 54.6 Å². The van der Waals surface area contributed by atoms with E-state index in [1.54, 1.807) is 18.6 Å². The Balaban J connectivity index is 1.64. The Bertz CT molecular complexity index is 805. The molecule has 6 heteroatoms. The fourth-order valence-electron chi connectivity index (χ4n) is 3.01. The first kappa shape index (κ1) is 15.0. The highest BCUT2D eigenvalue weighted by molar-refractivity contribution is 5.71. The second kappa shape index (κ2) is 6.88. The zero-order valence-electron chi connectivity index (χ0n) is 13.4. The molecular weight excluding hydrogens is 302 g/mol. The maximum absolute atomic E-state index is 5.82. The number of nitrogens with zero attached hydrogens (tertiary/aromatic N) is 5. The zero-order chi connectivity index (χ0) is 16.2. The highest BCUT2D eigenvalue weighted by atomic mass is 16.5. The van der Waals surface area contributed by atoms with Crippen LogP contribution in [0, 0.1) is 0 Å². The summed E-state index contributed by atoms with van der Waals surface area (Å²) in [6.45, 7) is 2.40. The summed E-state index contributed by atoms with van der Waals surface area (Å²) in [5, 5.41) is 0. The van der Waals surface area contributed by atoms with Gasteiger partial charge in [-0.3, -0.25) is 9.97 Å². The van der Waals surface area contributed by atoms with Gasteiger partial charge in [-0.15, -0.1) is 0 Å². The van der Waals surface area contributed by atoms with Gasteiger partial charge in [0.05, 0.1) is 6.10 Å². The number of hydrogen-bond acceptors (Lipinski definition) is 6. The van der Waals surface area contributed by atoms with Crippen LogP contribution in [0.4, 0.5) is 5.82 Å². The van der Waals surface area contributed by atoms with E-state index in [2.05, 4.69) is 25.9 Å². The monoisotopic (exact) mass is 321 g/mol. The van der Waals surface area contributed by atoms with Crippen LogP contribution in [-0.4, -0.2) is 39.2 Å². The van der Waals surface area contributed by atoms with Gasteiger partial charge in [-0.2, -0.15) is 0 Å². The number of aromatic nitrogens is 4. The third-order valence-corrected chi connectivity index (χ3v) is 4.19. The van der Waals surface area contributed by atoms with Crippen molar-refractivity contribution in [1.82, 2.24) is 19.9 Å². The van der Waals surface area contributed by atoms with Crippen molar-refractivity contribution in [2.75, 3.05) is 18.1 Å². The first-order valence-corrected chi connectivity index (χ1v) is 8.22. The van der Waals surface area contributed by atoms with Crippen LogP contribution in [0.25, 0.3) is 11.2 Å². The first-order chi connectivity index (χ1) is 11.9. The van der Waals surface area contributed by atoms with E-state index >= 15 is 0 Å². The van der Waals surface area contributed by atoms with Gasteiger partial charge < -0.3 is 9.64 Å². The van der Waals surface area contributed by atoms with Gasteiger partial charge in [0.15, 0.2) is 5.65 Å². The summed E-state index contributed by atoms with van der Waals surface area (Å²) in [5.41, 5.74) is 2.62. The minimum atomic E-state index is 0.251. The molecule has 1 aliphatic heterocycles. The fraction of sp³-hybridized carbons (Fsp3) is 0.333. The van der Waals surface area contributed by atoms with Crippen LogP contribution in [0.5, 0.6) is 0 Å². The van der Waals surface area contributed by atoms with Crippen LogP contribution in [0.15, 0.2) is 49.1 Å². The smallest absolute Gasteiger partial charge is 0.180 e. The molecule has 24 heavy (non-hydrogen) atoms. The predicted molar refractivity (Wildman–Crippen MR) is 91.6 cm³/mol. The summed E-state index contributed by atoms with van der Waals surface area (Å²) in [6, 6.07) is 8.01. The van der Waals surface area contributed by atoms with Crippen molar-refractivity contribution in [1.29, 1.82) is 0 Å². The van der Waals surface area contributed by atoms with Gasteiger partial charge in [-0.1, -0.05) is 6.07 Å². The van der Waals surface area contributed by atoms with Crippen LogP contribution in [0.1, 0.15) is 18.4 Å². The Morgan fingerprint density at radius 2 is 2.08 bits per heavy atom. The molecule has 1 atom stereocenters. The Hall–Kier alpha value is -2.60. The molecule has 0 amide bonds. The van der Waals surface area contributed by atoms with Gasteiger partial charge in [-0.05, 0) is 36.6 Å². The molecule has 3 aromatic heterocycles. The van der Waals surface area contributed by atoms with E-state index in [1.807, 2.05) is 24.4 Å². The van der Waals surface area contributed by atoms with E-state index in [0.29, 0.717) is 5.65 Å². The lowest BCUT2D eigenvalue weighted by molar-refractivity contribution is 0.115. The molecule has 0 aromatic carbocycles. The molecule has 1 aliphatic rings. The molecule has 1 saturated heterocycles. The first-order valence-electron chi connectivity index (χ1n) is 8.22. The van der Waals surface area contributed by atoms with Gasteiger partial charge >= 0.3 is 0 Å². The quantitative estimate of drug-likeness (QED) is 0.720. The Morgan fingerprint density at radius 1 is 1.12 bits per heavy atom. The van der Waals surface area contributed by atoms with Crippen molar-refractivity contribution in [3.63, 3.8) is 0 Å². The summed E-state index contributed by atoms with van der Waals surface area (Å²) >= 11 is 0. The minimum Gasteiger partial charge on any atom is -0.376 e. The SMILES string of the molecule is c1cncc(CN(CC2CCCO2)c2ccc3nccnc3n2)c1. The summed E-state index contributed by atoms with van der Waals surface area (Å²) < 4.78 is 5.82. The molecule has 4 rings (SSSR count). The van der Waals surface area contributed by atoms with E-state index in [-0.39, 0.29) is 6.10 Å². The highest BCUT2D eigenvalue weighted by Gasteiger charge is 2.21. The average molecular weight is 321 g/mol. The van der Waals surface area contributed by atoms with E-state index < -0.39 is 0 Å². The largest absolute Gasteiger partial charge is 0.376 e. The van der Waals surface area contributed by atoms with Crippen molar-refractivity contribution in [2.24, 2.45) is 0 Å². The molecule has 0 N–H and O–H groups in total. The topological polar surface area (TPSA) is 64.0 Å². The summed E-state index contributed by atoms with van der Waals surface area (Å²) in [4.78, 5) is 19.7. The summed E-state index contributed by atoms with van der Waals surface area (Å²) in [7, 11) is 0. The molecule has 0 bridgehead atoms. The summed E-state index contributed by atoms with van der Waals surface area (Å²) in [6.07, 6.45) is 9.51. The molecule has 122 valence electrons. The zero-order valence-corrected chi connectivity index (χ0v) is 13.4. The lowest BCUT2D eigenvalue weighted by Gasteiger charge is -2.26. The Morgan fingerprint density at radius 3 is 2.92 bits per heavy atom. The third kappa shape index (κ3) is 3.33. The number of ether oxygens (including phenoxy) is 1. The molecule has 0 spiro atoms. The molecule has 0 saturated carbocycles. The van der Waals surface area contributed by atoms with Gasteiger partial charge in [0, 0.05) is 44.5 Å². The van der Waals surface area contributed by atoms with Crippen LogP contribution in [0.3, 0.4) is 0 Å². The number of pyridine rings is 2. The van der Waals surface area contributed by atoms with Gasteiger partial charge in [-0.25, -0.2) is 9.97 Å². The molecular formula is C18H19N5O. The van der Waals surface area contributed by atoms with Crippen molar-refractivity contribution in [3.8, 4) is 0 Å². The molecule has 3 aromatic rings. The van der Waals surface area contributed by atoms with Gasteiger partial charge in [0.2, 0.25) is 0 Å². The van der Waals surface area contributed by atoms with Crippen LogP contribution in [0.2, 0.25) is 0 Å². The fourth-order valence-corrected chi connectivity index (χ4v) is 3.01. The molecule has 1 unspecified atom stereocenters. The van der Waals surface area contributed by atoms with Crippen LogP contribution in [-0.2, 0) is 11.3 Å². The average Bonchev–Trinajstić information content (AvgIpc) is 3.15. The Labute approximate surface area is 140 Å². The van der Waals surface area contributed by atoms with Crippen LogP contribution < -0.4 is 4.90 Å². The van der Waals surface area contributed by atoms with E-state index in [0.717, 1.165) is 49.4 Å². The minimum absolute atomic E-state index is 0.251. The third-order valence-electron chi connectivity index (χ3n) is 4.19. The standard InChI is InChI=1S/C18H19N5O/c1-3-14(11-19-7-1)12-23(13-15-4-2-10-24-15)17-6-5-16-18(22-17)21-9-8-20-16/h1,3,5-9,11,15H,2,4,10,12-13H2. The molecule has 6 nitrogen and oxygen atoms in total. The molecule has 0 aliphatic carbocycles. The van der Waals surface area contributed by atoms with Crippen molar-refractivity contribution >= 4 is 17.0 Å². The van der Waals surface area contributed by atoms with E-state index in [1.165, 1.54) is 0 Å².